The summed E-state index contributed by atoms with van der Waals surface area (Å²) in [6.45, 7) is 4.14. The first-order valence-corrected chi connectivity index (χ1v) is 5.04. The molecule has 0 fully saturated rings. The van der Waals surface area contributed by atoms with Crippen molar-refractivity contribution in [2.24, 2.45) is 13.0 Å². The molecule has 0 aromatic carbocycles. The van der Waals surface area contributed by atoms with Crippen molar-refractivity contribution in [1.29, 1.82) is 0 Å². The van der Waals surface area contributed by atoms with Gasteiger partial charge in [0.2, 0.25) is 0 Å². The molecule has 13 heavy (non-hydrogen) atoms. The number of rotatable bonds is 3. The number of aliphatic hydroxyl groups is 1. The third-order valence-electron chi connectivity index (χ3n) is 1.84. The summed E-state index contributed by atoms with van der Waals surface area (Å²) in [6.07, 6.45) is 0.231. The Bertz CT molecular complexity index is 265. The van der Waals surface area contributed by atoms with Gasteiger partial charge in [0.15, 0.2) is 4.60 Å². The Balaban J connectivity index is 2.81. The van der Waals surface area contributed by atoms with Gasteiger partial charge in [-0.1, -0.05) is 19.1 Å². The highest BCUT2D eigenvalue weighted by atomic mass is 79.9. The molecule has 5 heteroatoms. The molecule has 0 aliphatic heterocycles. The lowest BCUT2D eigenvalue weighted by molar-refractivity contribution is 0.141. The van der Waals surface area contributed by atoms with Gasteiger partial charge in [0.1, 0.15) is 5.69 Å². The van der Waals surface area contributed by atoms with Gasteiger partial charge in [-0.25, -0.2) is 4.68 Å². The molecule has 1 aromatic rings. The highest BCUT2D eigenvalue weighted by molar-refractivity contribution is 9.10. The van der Waals surface area contributed by atoms with E-state index in [9.17, 15) is 5.11 Å². The van der Waals surface area contributed by atoms with Gasteiger partial charge < -0.3 is 5.11 Å². The lowest BCUT2D eigenvalue weighted by atomic mass is 10.0. The average molecular weight is 248 g/mol. The number of aliphatic hydroxyl groups excluding tert-OH is 1. The van der Waals surface area contributed by atoms with Crippen LogP contribution < -0.4 is 0 Å². The van der Waals surface area contributed by atoms with Gasteiger partial charge in [-0.3, -0.25) is 0 Å². The lowest BCUT2D eigenvalue weighted by Crippen LogP contribution is -2.08. The summed E-state index contributed by atoms with van der Waals surface area (Å²) in [6, 6.07) is 0. The molecule has 0 saturated carbocycles. The maximum absolute atomic E-state index is 9.81. The summed E-state index contributed by atoms with van der Waals surface area (Å²) in [5, 5.41) is 17.4. The molecule has 1 atom stereocenters. The van der Waals surface area contributed by atoms with Crippen LogP contribution in [-0.2, 0) is 7.05 Å². The number of aryl methyl sites for hydroxylation is 1. The summed E-state index contributed by atoms with van der Waals surface area (Å²) in [5.41, 5.74) is 0.744. The molecular formula is C8H14BrN3O. The molecule has 1 unspecified atom stereocenters. The van der Waals surface area contributed by atoms with E-state index in [1.807, 2.05) is 0 Å². The third kappa shape index (κ3) is 2.51. The van der Waals surface area contributed by atoms with E-state index < -0.39 is 6.10 Å². The van der Waals surface area contributed by atoms with Crippen LogP contribution in [-0.4, -0.2) is 20.1 Å². The second-order valence-electron chi connectivity index (χ2n) is 3.53. The van der Waals surface area contributed by atoms with Gasteiger partial charge in [-0.05, 0) is 28.3 Å². The molecule has 0 aliphatic carbocycles. The van der Waals surface area contributed by atoms with Crippen molar-refractivity contribution in [3.63, 3.8) is 0 Å². The van der Waals surface area contributed by atoms with Crippen LogP contribution in [0.15, 0.2) is 4.60 Å². The predicted octanol–water partition coefficient (Wildman–Crippen LogP) is 1.66. The molecule has 1 aromatic heterocycles. The SMILES string of the molecule is CC(C)CC(O)c1c(Br)nnn1C. The Morgan fingerprint density at radius 1 is 1.54 bits per heavy atom. The fourth-order valence-electron chi connectivity index (χ4n) is 1.25. The van der Waals surface area contributed by atoms with Crippen LogP contribution >= 0.6 is 15.9 Å². The molecule has 0 radical (unpaired) electrons. The number of hydrogen-bond donors (Lipinski definition) is 1. The van der Waals surface area contributed by atoms with Gasteiger partial charge in [0.25, 0.3) is 0 Å². The highest BCUT2D eigenvalue weighted by Crippen LogP contribution is 2.25. The van der Waals surface area contributed by atoms with E-state index in [1.165, 1.54) is 0 Å². The van der Waals surface area contributed by atoms with Crippen molar-refractivity contribution < 1.29 is 5.11 Å². The normalized spacial score (nSPS) is 13.7. The van der Waals surface area contributed by atoms with Crippen LogP contribution in [0.2, 0.25) is 0 Å². The lowest BCUT2D eigenvalue weighted by Gasteiger charge is -2.12. The first-order chi connectivity index (χ1) is 6.02. The zero-order chi connectivity index (χ0) is 10.0. The number of aromatic nitrogens is 3. The number of halogens is 1. The molecule has 4 nitrogen and oxygen atoms in total. The highest BCUT2D eigenvalue weighted by Gasteiger charge is 2.18. The summed E-state index contributed by atoms with van der Waals surface area (Å²) in [7, 11) is 1.77. The standard InChI is InChI=1S/C8H14BrN3O/c1-5(2)4-6(13)7-8(9)10-11-12(7)3/h5-6,13H,4H2,1-3H3. The molecule has 1 N–H and O–H groups in total. The van der Waals surface area contributed by atoms with E-state index in [0.717, 1.165) is 12.1 Å². The maximum Gasteiger partial charge on any atom is 0.154 e. The Labute approximate surface area is 86.1 Å². The number of nitrogens with zero attached hydrogens (tertiary/aromatic N) is 3. The molecule has 0 bridgehead atoms. The second kappa shape index (κ2) is 4.19. The Hall–Kier alpha value is -0.420. The molecule has 0 amide bonds. The van der Waals surface area contributed by atoms with E-state index in [4.69, 9.17) is 0 Å². The van der Waals surface area contributed by atoms with E-state index in [-0.39, 0.29) is 0 Å². The van der Waals surface area contributed by atoms with Crippen LogP contribution in [0.4, 0.5) is 0 Å². The van der Waals surface area contributed by atoms with Crippen molar-refractivity contribution >= 4 is 15.9 Å². The minimum Gasteiger partial charge on any atom is -0.387 e. The third-order valence-corrected chi connectivity index (χ3v) is 2.40. The van der Waals surface area contributed by atoms with Crippen molar-refractivity contribution in [3.8, 4) is 0 Å². The number of hydrogen-bond acceptors (Lipinski definition) is 3. The summed E-state index contributed by atoms with van der Waals surface area (Å²) >= 11 is 3.25. The van der Waals surface area contributed by atoms with Crippen molar-refractivity contribution in [3.05, 3.63) is 10.3 Å². The zero-order valence-electron chi connectivity index (χ0n) is 8.03. The minimum absolute atomic E-state index is 0.455. The maximum atomic E-state index is 9.81. The fraction of sp³-hybridized carbons (Fsp3) is 0.750. The van der Waals surface area contributed by atoms with Crippen LogP contribution in [0.25, 0.3) is 0 Å². The van der Waals surface area contributed by atoms with Gasteiger partial charge >= 0.3 is 0 Å². The van der Waals surface area contributed by atoms with E-state index in [2.05, 4.69) is 40.1 Å². The Morgan fingerprint density at radius 3 is 2.54 bits per heavy atom. The van der Waals surface area contributed by atoms with Crippen LogP contribution in [0, 0.1) is 5.92 Å². The average Bonchev–Trinajstić information content (AvgIpc) is 2.29. The molecule has 0 saturated heterocycles. The molecule has 1 heterocycles. The van der Waals surface area contributed by atoms with Gasteiger partial charge in [0, 0.05) is 7.05 Å². The first kappa shape index (κ1) is 10.7. The van der Waals surface area contributed by atoms with Gasteiger partial charge in [-0.15, -0.1) is 5.10 Å². The fourth-order valence-corrected chi connectivity index (χ4v) is 1.84. The quantitative estimate of drug-likeness (QED) is 0.884. The van der Waals surface area contributed by atoms with Crippen LogP contribution in [0.1, 0.15) is 32.1 Å². The van der Waals surface area contributed by atoms with E-state index >= 15 is 0 Å². The monoisotopic (exact) mass is 247 g/mol. The van der Waals surface area contributed by atoms with E-state index in [1.54, 1.807) is 11.7 Å². The topological polar surface area (TPSA) is 50.9 Å². The molecular weight excluding hydrogens is 234 g/mol. The van der Waals surface area contributed by atoms with E-state index in [0.29, 0.717) is 10.5 Å². The molecule has 0 spiro atoms. The van der Waals surface area contributed by atoms with Crippen molar-refractivity contribution in [2.45, 2.75) is 26.4 Å². The second-order valence-corrected chi connectivity index (χ2v) is 4.29. The summed E-state index contributed by atoms with van der Waals surface area (Å²) < 4.78 is 2.22. The smallest absolute Gasteiger partial charge is 0.154 e. The predicted molar refractivity (Wildman–Crippen MR) is 53.1 cm³/mol. The van der Waals surface area contributed by atoms with Gasteiger partial charge in [-0.2, -0.15) is 0 Å². The zero-order valence-corrected chi connectivity index (χ0v) is 9.61. The Morgan fingerprint density at radius 2 is 2.15 bits per heavy atom. The largest absolute Gasteiger partial charge is 0.387 e. The molecule has 0 aliphatic rings. The molecule has 1 rings (SSSR count). The Kier molecular flexibility index (Phi) is 3.44. The minimum atomic E-state index is -0.491. The summed E-state index contributed by atoms with van der Waals surface area (Å²) in [5.74, 6) is 0.455. The van der Waals surface area contributed by atoms with Crippen LogP contribution in [0.3, 0.4) is 0 Å². The first-order valence-electron chi connectivity index (χ1n) is 4.25. The van der Waals surface area contributed by atoms with Gasteiger partial charge in [0.05, 0.1) is 6.10 Å². The van der Waals surface area contributed by atoms with Crippen molar-refractivity contribution in [2.75, 3.05) is 0 Å². The molecule has 74 valence electrons. The summed E-state index contributed by atoms with van der Waals surface area (Å²) in [4.78, 5) is 0. The van der Waals surface area contributed by atoms with Crippen molar-refractivity contribution in [1.82, 2.24) is 15.0 Å². The van der Waals surface area contributed by atoms with Crippen LogP contribution in [0.5, 0.6) is 0 Å².